The van der Waals surface area contributed by atoms with Gasteiger partial charge in [0.15, 0.2) is 0 Å². The molecular formula is C22H24N4O2. The van der Waals surface area contributed by atoms with E-state index in [1.807, 2.05) is 43.3 Å². The molecule has 0 saturated heterocycles. The van der Waals surface area contributed by atoms with Gasteiger partial charge in [0.2, 0.25) is 5.91 Å². The predicted molar refractivity (Wildman–Crippen MR) is 110 cm³/mol. The number of allylic oxidation sites excluding steroid dienone is 2. The summed E-state index contributed by atoms with van der Waals surface area (Å²) in [6.07, 6.45) is 9.67. The van der Waals surface area contributed by atoms with Crippen LogP contribution in [0, 0.1) is 0 Å². The summed E-state index contributed by atoms with van der Waals surface area (Å²) in [6, 6.07) is 11.3. The highest BCUT2D eigenvalue weighted by molar-refractivity contribution is 5.83. The van der Waals surface area contributed by atoms with Gasteiger partial charge in [-0.1, -0.05) is 18.2 Å². The number of amides is 1. The number of aromatic nitrogens is 3. The van der Waals surface area contributed by atoms with Crippen molar-refractivity contribution in [2.45, 2.75) is 45.2 Å². The molecule has 0 bridgehead atoms. The zero-order chi connectivity index (χ0) is 19.5. The molecule has 2 heterocycles. The fraction of sp³-hybridized carbons (Fsp3) is 0.318. The minimum Gasteiger partial charge on any atom is -0.348 e. The Labute approximate surface area is 163 Å². The number of carbonyl (C=O) groups excluding carboxylic acids is 1. The molecular weight excluding hydrogens is 352 g/mol. The molecule has 0 unspecified atom stereocenters. The van der Waals surface area contributed by atoms with E-state index in [2.05, 4.69) is 16.4 Å². The number of para-hydroxylation sites is 2. The van der Waals surface area contributed by atoms with Gasteiger partial charge in [0.25, 0.3) is 0 Å². The molecule has 1 aliphatic carbocycles. The fourth-order valence-corrected chi connectivity index (χ4v) is 3.83. The van der Waals surface area contributed by atoms with Gasteiger partial charge < -0.3 is 5.32 Å². The maximum absolute atomic E-state index is 13.2. The predicted octanol–water partition coefficient (Wildman–Crippen LogP) is 3.49. The molecule has 144 valence electrons. The normalized spacial score (nSPS) is 15.2. The zero-order valence-electron chi connectivity index (χ0n) is 16.0. The Bertz CT molecular complexity index is 1080. The summed E-state index contributed by atoms with van der Waals surface area (Å²) in [7, 11) is 0. The molecule has 3 aromatic rings. The molecule has 0 spiro atoms. The van der Waals surface area contributed by atoms with Crippen LogP contribution in [0.3, 0.4) is 0 Å². The Morgan fingerprint density at radius 1 is 1.14 bits per heavy atom. The number of pyridine rings is 1. The summed E-state index contributed by atoms with van der Waals surface area (Å²) < 4.78 is 3.34. The molecule has 0 radical (unpaired) electrons. The minimum atomic E-state index is -0.188. The lowest BCUT2D eigenvalue weighted by molar-refractivity contribution is -0.122. The summed E-state index contributed by atoms with van der Waals surface area (Å²) in [4.78, 5) is 29.8. The van der Waals surface area contributed by atoms with Gasteiger partial charge in [0.05, 0.1) is 17.1 Å². The number of nitrogens with zero attached hydrogens (tertiary/aromatic N) is 3. The first-order valence-corrected chi connectivity index (χ1v) is 9.74. The number of rotatable bonds is 5. The van der Waals surface area contributed by atoms with Crippen molar-refractivity contribution in [3.05, 3.63) is 70.9 Å². The van der Waals surface area contributed by atoms with Crippen molar-refractivity contribution < 1.29 is 4.79 Å². The first-order valence-electron chi connectivity index (χ1n) is 9.74. The lowest BCUT2D eigenvalue weighted by Gasteiger charge is -2.14. The molecule has 1 N–H and O–H groups in total. The lowest BCUT2D eigenvalue weighted by Crippen LogP contribution is -2.34. The van der Waals surface area contributed by atoms with E-state index >= 15 is 0 Å². The smallest absolute Gasteiger partial charge is 0.333 e. The Kier molecular flexibility index (Phi) is 5.10. The number of fused-ring (bicyclic) bond motifs is 1. The van der Waals surface area contributed by atoms with E-state index < -0.39 is 0 Å². The second kappa shape index (κ2) is 7.84. The average molecular weight is 376 g/mol. The number of hydrogen-bond donors (Lipinski definition) is 1. The van der Waals surface area contributed by atoms with Crippen molar-refractivity contribution >= 4 is 22.6 Å². The molecule has 0 fully saturated rings. The third-order valence-corrected chi connectivity index (χ3v) is 5.28. The van der Waals surface area contributed by atoms with E-state index in [4.69, 9.17) is 0 Å². The molecule has 1 atom stereocenters. The molecule has 1 aliphatic rings. The van der Waals surface area contributed by atoms with Crippen LogP contribution in [0.1, 0.15) is 44.2 Å². The van der Waals surface area contributed by atoms with Gasteiger partial charge in [-0.25, -0.2) is 4.79 Å². The van der Waals surface area contributed by atoms with Crippen molar-refractivity contribution in [2.24, 2.45) is 0 Å². The molecule has 6 heteroatoms. The molecule has 28 heavy (non-hydrogen) atoms. The van der Waals surface area contributed by atoms with Crippen molar-refractivity contribution in [3.63, 3.8) is 0 Å². The fourth-order valence-electron chi connectivity index (χ4n) is 3.83. The molecule has 0 saturated carbocycles. The summed E-state index contributed by atoms with van der Waals surface area (Å²) in [5, 5.41) is 2.98. The zero-order valence-corrected chi connectivity index (χ0v) is 16.0. The SMILES string of the molecule is C[C@@H](NC(=O)Cn1c(=O)n(C2=CCCCC2)c2ccccc21)c1ccncc1. The van der Waals surface area contributed by atoms with Crippen LogP contribution in [0.15, 0.2) is 59.7 Å². The summed E-state index contributed by atoms with van der Waals surface area (Å²) in [6.45, 7) is 1.92. The number of imidazole rings is 1. The van der Waals surface area contributed by atoms with Gasteiger partial charge in [-0.05, 0) is 62.4 Å². The molecule has 6 nitrogen and oxygen atoms in total. The number of carbonyl (C=O) groups is 1. The number of hydrogen-bond acceptors (Lipinski definition) is 3. The van der Waals surface area contributed by atoms with E-state index in [9.17, 15) is 9.59 Å². The standard InChI is InChI=1S/C22H24N4O2/c1-16(17-11-13-23-14-12-17)24-21(27)15-25-19-9-5-6-10-20(19)26(22(25)28)18-7-3-2-4-8-18/h5-7,9-14,16H,2-4,8,15H2,1H3,(H,24,27)/t16-/m1/s1. The Morgan fingerprint density at radius 2 is 1.89 bits per heavy atom. The van der Waals surface area contributed by atoms with Crippen LogP contribution in [-0.4, -0.2) is 20.0 Å². The van der Waals surface area contributed by atoms with Crippen LogP contribution in [0.2, 0.25) is 0 Å². The molecule has 4 rings (SSSR count). The number of nitrogens with one attached hydrogen (secondary N) is 1. The Hall–Kier alpha value is -3.15. The van der Waals surface area contributed by atoms with E-state index in [-0.39, 0.29) is 24.2 Å². The quantitative estimate of drug-likeness (QED) is 0.741. The first kappa shape index (κ1) is 18.2. The van der Waals surface area contributed by atoms with E-state index in [1.54, 1.807) is 21.5 Å². The van der Waals surface area contributed by atoms with E-state index in [1.165, 1.54) is 0 Å². The highest BCUT2D eigenvalue weighted by Gasteiger charge is 2.19. The molecule has 0 aliphatic heterocycles. The summed E-state index contributed by atoms with van der Waals surface area (Å²) in [5.41, 5.74) is 3.50. The number of benzene rings is 1. The maximum atomic E-state index is 13.2. The average Bonchev–Trinajstić information content (AvgIpc) is 3.01. The molecule has 2 aromatic heterocycles. The topological polar surface area (TPSA) is 68.9 Å². The van der Waals surface area contributed by atoms with Crippen molar-refractivity contribution in [1.29, 1.82) is 0 Å². The van der Waals surface area contributed by atoms with E-state index in [0.717, 1.165) is 48.0 Å². The highest BCUT2D eigenvalue weighted by atomic mass is 16.2. The molecule has 1 amide bonds. The van der Waals surface area contributed by atoms with Crippen LogP contribution in [0.25, 0.3) is 16.7 Å². The van der Waals surface area contributed by atoms with Crippen LogP contribution in [0.4, 0.5) is 0 Å². The third-order valence-electron chi connectivity index (χ3n) is 5.28. The van der Waals surface area contributed by atoms with E-state index in [0.29, 0.717) is 0 Å². The third kappa shape index (κ3) is 3.50. The Balaban J connectivity index is 1.64. The van der Waals surface area contributed by atoms with Crippen LogP contribution >= 0.6 is 0 Å². The highest BCUT2D eigenvalue weighted by Crippen LogP contribution is 2.24. The molecule has 1 aromatic carbocycles. The van der Waals surface area contributed by atoms with Crippen molar-refractivity contribution in [3.8, 4) is 0 Å². The van der Waals surface area contributed by atoms with Gasteiger partial charge in [0.1, 0.15) is 6.54 Å². The van der Waals surface area contributed by atoms with Gasteiger partial charge in [-0.2, -0.15) is 0 Å². The summed E-state index contributed by atoms with van der Waals surface area (Å²) >= 11 is 0. The Morgan fingerprint density at radius 3 is 2.61 bits per heavy atom. The maximum Gasteiger partial charge on any atom is 0.333 e. The van der Waals surface area contributed by atoms with Gasteiger partial charge >= 0.3 is 5.69 Å². The van der Waals surface area contributed by atoms with Gasteiger partial charge in [-0.3, -0.25) is 18.9 Å². The minimum absolute atomic E-state index is 0.00491. The van der Waals surface area contributed by atoms with Crippen molar-refractivity contribution in [1.82, 2.24) is 19.4 Å². The first-order chi connectivity index (χ1) is 13.6. The van der Waals surface area contributed by atoms with Crippen LogP contribution in [-0.2, 0) is 11.3 Å². The van der Waals surface area contributed by atoms with Crippen molar-refractivity contribution in [2.75, 3.05) is 0 Å². The summed E-state index contributed by atoms with van der Waals surface area (Å²) in [5.74, 6) is -0.188. The second-order valence-corrected chi connectivity index (χ2v) is 7.20. The van der Waals surface area contributed by atoms with Crippen LogP contribution < -0.4 is 11.0 Å². The monoisotopic (exact) mass is 376 g/mol. The lowest BCUT2D eigenvalue weighted by atomic mass is 10.0. The largest absolute Gasteiger partial charge is 0.348 e. The second-order valence-electron chi connectivity index (χ2n) is 7.20. The van der Waals surface area contributed by atoms with Gasteiger partial charge in [-0.15, -0.1) is 0 Å². The van der Waals surface area contributed by atoms with Crippen LogP contribution in [0.5, 0.6) is 0 Å². The van der Waals surface area contributed by atoms with Gasteiger partial charge in [0, 0.05) is 18.1 Å².